The Bertz CT molecular complexity index is 1000. The average Bonchev–Trinajstić information content (AvgIpc) is 2.68. The van der Waals surface area contributed by atoms with E-state index in [4.69, 9.17) is 19.3 Å². The minimum Gasteiger partial charge on any atom is -0.493 e. The number of methoxy groups -OCH3 is 2. The Labute approximate surface area is 166 Å². The van der Waals surface area contributed by atoms with Crippen LogP contribution in [0.3, 0.4) is 0 Å². The molecule has 11 heteroatoms. The first-order valence-corrected chi connectivity index (χ1v) is 9.61. The number of carboxylic acids is 2. The van der Waals surface area contributed by atoms with Gasteiger partial charge in [-0.3, -0.25) is 4.72 Å². The molecule has 0 fully saturated rings. The Balaban J connectivity index is 2.43. The third-order valence-corrected chi connectivity index (χ3v) is 5.12. The second-order valence-electron chi connectivity index (χ2n) is 5.63. The van der Waals surface area contributed by atoms with Gasteiger partial charge in [0.2, 0.25) is 0 Å². The number of nitrogens with one attached hydrogen (secondary N) is 1. The zero-order valence-electron chi connectivity index (χ0n) is 15.5. The van der Waals surface area contributed by atoms with E-state index in [1.54, 1.807) is 0 Å². The average molecular weight is 425 g/mol. The summed E-state index contributed by atoms with van der Waals surface area (Å²) in [6.45, 7) is 0.378. The second-order valence-corrected chi connectivity index (χ2v) is 7.31. The summed E-state index contributed by atoms with van der Waals surface area (Å²) in [5.74, 6) is -2.37. The number of rotatable bonds is 10. The predicted octanol–water partition coefficient (Wildman–Crippen LogP) is 1.92. The van der Waals surface area contributed by atoms with Crippen molar-refractivity contribution >= 4 is 27.6 Å². The number of anilines is 1. The first-order valence-electron chi connectivity index (χ1n) is 8.13. The largest absolute Gasteiger partial charge is 0.493 e. The monoisotopic (exact) mass is 425 g/mol. The number of ether oxygens (including phenoxy) is 3. The van der Waals surface area contributed by atoms with Gasteiger partial charge in [0.15, 0.2) is 11.5 Å². The van der Waals surface area contributed by atoms with Crippen molar-refractivity contribution in [1.29, 1.82) is 0 Å². The highest BCUT2D eigenvalue weighted by molar-refractivity contribution is 7.92. The molecule has 0 aliphatic rings. The molecule has 0 unspecified atom stereocenters. The van der Waals surface area contributed by atoms with Crippen molar-refractivity contribution in [2.75, 3.05) is 32.2 Å². The van der Waals surface area contributed by atoms with Gasteiger partial charge in [-0.25, -0.2) is 18.0 Å². The number of aromatic carboxylic acids is 2. The van der Waals surface area contributed by atoms with E-state index in [1.807, 2.05) is 0 Å². The summed E-state index contributed by atoms with van der Waals surface area (Å²) in [7, 11) is -1.41. The Hall–Kier alpha value is -3.31. The maximum absolute atomic E-state index is 12.6. The van der Waals surface area contributed by atoms with E-state index in [0.29, 0.717) is 0 Å². The Kier molecular flexibility index (Phi) is 7.02. The maximum atomic E-state index is 12.6. The van der Waals surface area contributed by atoms with E-state index in [-0.39, 0.29) is 46.4 Å². The zero-order valence-corrected chi connectivity index (χ0v) is 16.4. The number of benzene rings is 2. The molecule has 0 spiro atoms. The van der Waals surface area contributed by atoms with E-state index in [1.165, 1.54) is 20.3 Å². The van der Waals surface area contributed by atoms with Crippen molar-refractivity contribution in [1.82, 2.24) is 0 Å². The van der Waals surface area contributed by atoms with Gasteiger partial charge in [0.05, 0.1) is 35.4 Å². The SMILES string of the molecule is COCCOc1cc(NS(=O)(=O)c2ccc(C(=O)O)cc2)c(C(=O)O)cc1OC. The summed E-state index contributed by atoms with van der Waals surface area (Å²) < 4.78 is 42.9. The molecule has 0 bridgehead atoms. The molecule has 0 saturated carbocycles. The van der Waals surface area contributed by atoms with Crippen LogP contribution in [0.5, 0.6) is 11.5 Å². The van der Waals surface area contributed by atoms with Gasteiger partial charge in [-0.1, -0.05) is 0 Å². The van der Waals surface area contributed by atoms with Crippen LogP contribution in [0.15, 0.2) is 41.3 Å². The van der Waals surface area contributed by atoms with Crippen molar-refractivity contribution in [3.63, 3.8) is 0 Å². The van der Waals surface area contributed by atoms with Gasteiger partial charge in [-0.05, 0) is 24.3 Å². The molecule has 0 amide bonds. The van der Waals surface area contributed by atoms with E-state index in [9.17, 15) is 23.1 Å². The standard InChI is InChI=1S/C18H19NO9S/c1-26-7-8-28-16-10-14(13(18(22)23)9-15(16)27-2)19-29(24,25)12-5-3-11(4-6-12)17(20)21/h3-6,9-10,19H,7-8H2,1-2H3,(H,20,21)(H,22,23). The molecule has 0 radical (unpaired) electrons. The fourth-order valence-electron chi connectivity index (χ4n) is 2.31. The maximum Gasteiger partial charge on any atom is 0.337 e. The molecule has 29 heavy (non-hydrogen) atoms. The van der Waals surface area contributed by atoms with Crippen LogP contribution in [-0.2, 0) is 14.8 Å². The lowest BCUT2D eigenvalue weighted by Gasteiger charge is -2.16. The number of hydrogen-bond donors (Lipinski definition) is 3. The van der Waals surface area contributed by atoms with Gasteiger partial charge in [-0.2, -0.15) is 0 Å². The molecule has 0 saturated heterocycles. The van der Waals surface area contributed by atoms with Gasteiger partial charge in [-0.15, -0.1) is 0 Å². The number of sulfonamides is 1. The quantitative estimate of drug-likeness (QED) is 0.485. The molecular formula is C18H19NO9S. The summed E-state index contributed by atoms with van der Waals surface area (Å²) in [5.41, 5.74) is -0.687. The lowest BCUT2D eigenvalue weighted by Crippen LogP contribution is -2.16. The molecule has 3 N–H and O–H groups in total. The fourth-order valence-corrected chi connectivity index (χ4v) is 3.38. The van der Waals surface area contributed by atoms with Crippen LogP contribution in [-0.4, -0.2) is 58.0 Å². The minimum atomic E-state index is -4.20. The molecule has 2 rings (SSSR count). The van der Waals surface area contributed by atoms with Crippen molar-refractivity contribution in [3.8, 4) is 11.5 Å². The second kappa shape index (κ2) is 9.26. The summed E-state index contributed by atoms with van der Waals surface area (Å²) in [5, 5.41) is 18.4. The fraction of sp³-hybridized carbons (Fsp3) is 0.222. The number of hydrogen-bond acceptors (Lipinski definition) is 7. The Morgan fingerprint density at radius 3 is 2.14 bits per heavy atom. The Morgan fingerprint density at radius 1 is 0.966 bits per heavy atom. The molecule has 0 atom stereocenters. The van der Waals surface area contributed by atoms with Crippen LogP contribution < -0.4 is 14.2 Å². The minimum absolute atomic E-state index is 0.0894. The van der Waals surface area contributed by atoms with Crippen LogP contribution >= 0.6 is 0 Å². The van der Waals surface area contributed by atoms with Crippen molar-refractivity contribution in [3.05, 3.63) is 47.5 Å². The van der Waals surface area contributed by atoms with Crippen molar-refractivity contribution < 1.29 is 42.4 Å². The van der Waals surface area contributed by atoms with Gasteiger partial charge >= 0.3 is 11.9 Å². The Morgan fingerprint density at radius 2 is 1.62 bits per heavy atom. The smallest absolute Gasteiger partial charge is 0.337 e. The normalized spacial score (nSPS) is 11.0. The molecule has 156 valence electrons. The van der Waals surface area contributed by atoms with Crippen molar-refractivity contribution in [2.45, 2.75) is 4.90 Å². The van der Waals surface area contributed by atoms with Gasteiger partial charge in [0.1, 0.15) is 6.61 Å². The van der Waals surface area contributed by atoms with Crippen LogP contribution in [0.4, 0.5) is 5.69 Å². The third-order valence-electron chi connectivity index (χ3n) is 3.74. The molecular weight excluding hydrogens is 406 g/mol. The predicted molar refractivity (Wildman–Crippen MR) is 102 cm³/mol. The lowest BCUT2D eigenvalue weighted by atomic mass is 10.1. The first-order chi connectivity index (χ1) is 13.7. The molecule has 0 aromatic heterocycles. The topological polar surface area (TPSA) is 148 Å². The summed E-state index contributed by atoms with van der Waals surface area (Å²) in [6.07, 6.45) is 0. The van der Waals surface area contributed by atoms with E-state index in [2.05, 4.69) is 4.72 Å². The molecule has 2 aromatic rings. The highest BCUT2D eigenvalue weighted by Gasteiger charge is 2.22. The van der Waals surface area contributed by atoms with Crippen LogP contribution in [0, 0.1) is 0 Å². The van der Waals surface area contributed by atoms with E-state index < -0.39 is 22.0 Å². The number of carboxylic acid groups (broad SMARTS) is 2. The molecule has 2 aromatic carbocycles. The summed E-state index contributed by atoms with van der Waals surface area (Å²) >= 11 is 0. The molecule has 0 heterocycles. The highest BCUT2D eigenvalue weighted by Crippen LogP contribution is 2.34. The van der Waals surface area contributed by atoms with Crippen LogP contribution in [0.1, 0.15) is 20.7 Å². The summed E-state index contributed by atoms with van der Waals surface area (Å²) in [4.78, 5) is 22.3. The molecule has 0 aliphatic heterocycles. The van der Waals surface area contributed by atoms with E-state index in [0.717, 1.165) is 30.3 Å². The molecule has 0 aliphatic carbocycles. The first kappa shape index (κ1) is 22.0. The summed E-state index contributed by atoms with van der Waals surface area (Å²) in [6, 6.07) is 6.79. The zero-order chi connectivity index (χ0) is 21.6. The lowest BCUT2D eigenvalue weighted by molar-refractivity contribution is 0.0686. The highest BCUT2D eigenvalue weighted by atomic mass is 32.2. The van der Waals surface area contributed by atoms with Crippen LogP contribution in [0.25, 0.3) is 0 Å². The van der Waals surface area contributed by atoms with E-state index >= 15 is 0 Å². The van der Waals surface area contributed by atoms with Gasteiger partial charge in [0.25, 0.3) is 10.0 Å². The van der Waals surface area contributed by atoms with Crippen molar-refractivity contribution in [2.24, 2.45) is 0 Å². The molecule has 10 nitrogen and oxygen atoms in total. The third kappa shape index (κ3) is 5.36. The van der Waals surface area contributed by atoms with Gasteiger partial charge in [0, 0.05) is 19.2 Å². The van der Waals surface area contributed by atoms with Gasteiger partial charge < -0.3 is 24.4 Å². The number of carbonyl (C=O) groups is 2. The van der Waals surface area contributed by atoms with Crippen LogP contribution in [0.2, 0.25) is 0 Å².